The van der Waals surface area contributed by atoms with Gasteiger partial charge in [0.2, 0.25) is 0 Å². The molecular weight excluding hydrogens is 282 g/mol. The molecule has 0 amide bonds. The first-order valence-electron chi connectivity index (χ1n) is 5.65. The lowest BCUT2D eigenvalue weighted by Gasteiger charge is -2.06. The van der Waals surface area contributed by atoms with Crippen molar-refractivity contribution >= 4 is 29.1 Å². The van der Waals surface area contributed by atoms with Gasteiger partial charge in [0, 0.05) is 5.75 Å². The van der Waals surface area contributed by atoms with E-state index in [0.29, 0.717) is 21.7 Å². The summed E-state index contributed by atoms with van der Waals surface area (Å²) in [5.41, 5.74) is 8.02. The summed E-state index contributed by atoms with van der Waals surface area (Å²) in [6.45, 7) is 1.82. The maximum absolute atomic E-state index is 5.93. The maximum atomic E-state index is 5.93. The SMILES string of the molecule is COc1ccc(CSc2nc(C)c(N)c(Cl)n2)cc1. The van der Waals surface area contributed by atoms with E-state index in [-0.39, 0.29) is 0 Å². The first-order valence-corrected chi connectivity index (χ1v) is 7.02. The van der Waals surface area contributed by atoms with Crippen molar-refractivity contribution in [1.29, 1.82) is 0 Å². The van der Waals surface area contributed by atoms with Gasteiger partial charge in [-0.3, -0.25) is 0 Å². The van der Waals surface area contributed by atoms with Crippen LogP contribution < -0.4 is 10.5 Å². The van der Waals surface area contributed by atoms with Gasteiger partial charge >= 0.3 is 0 Å². The number of halogens is 1. The van der Waals surface area contributed by atoms with Gasteiger partial charge in [0.15, 0.2) is 10.3 Å². The van der Waals surface area contributed by atoms with Crippen LogP contribution in [-0.4, -0.2) is 17.1 Å². The molecular formula is C13H14ClN3OS. The Bertz CT molecular complexity index is 552. The molecule has 0 aliphatic rings. The number of aryl methyl sites for hydroxylation is 1. The van der Waals surface area contributed by atoms with E-state index >= 15 is 0 Å². The summed E-state index contributed by atoms with van der Waals surface area (Å²) in [5.74, 6) is 1.61. The van der Waals surface area contributed by atoms with Crippen molar-refractivity contribution in [3.05, 3.63) is 40.7 Å². The van der Waals surface area contributed by atoms with Gasteiger partial charge in [0.05, 0.1) is 18.5 Å². The topological polar surface area (TPSA) is 61.0 Å². The molecule has 6 heteroatoms. The summed E-state index contributed by atoms with van der Waals surface area (Å²) in [6.07, 6.45) is 0. The molecule has 0 atom stereocenters. The standard InChI is InChI=1S/C13H14ClN3OS/c1-8-11(15)12(14)17-13(16-8)19-7-9-3-5-10(18-2)6-4-9/h3-6H,7,15H2,1-2H3. The number of rotatable bonds is 4. The van der Waals surface area contributed by atoms with Gasteiger partial charge in [0.25, 0.3) is 0 Å². The third-order valence-electron chi connectivity index (χ3n) is 2.60. The third-order valence-corrected chi connectivity index (χ3v) is 3.80. The quantitative estimate of drug-likeness (QED) is 0.532. The predicted molar refractivity (Wildman–Crippen MR) is 78.7 cm³/mol. The Morgan fingerprint density at radius 3 is 2.53 bits per heavy atom. The number of nitrogen functional groups attached to an aromatic ring is 1. The Morgan fingerprint density at radius 1 is 1.26 bits per heavy atom. The van der Waals surface area contributed by atoms with Crippen LogP contribution in [0.4, 0.5) is 5.69 Å². The van der Waals surface area contributed by atoms with Crippen LogP contribution in [-0.2, 0) is 5.75 Å². The fraction of sp³-hybridized carbons (Fsp3) is 0.231. The molecule has 0 saturated heterocycles. The van der Waals surface area contributed by atoms with E-state index in [9.17, 15) is 0 Å². The number of nitrogens with two attached hydrogens (primary N) is 1. The fourth-order valence-electron chi connectivity index (χ4n) is 1.46. The molecule has 0 radical (unpaired) electrons. The van der Waals surface area contributed by atoms with Crippen molar-refractivity contribution in [2.24, 2.45) is 0 Å². The second-order valence-corrected chi connectivity index (χ2v) is 5.23. The Labute approximate surface area is 121 Å². The zero-order chi connectivity index (χ0) is 13.8. The van der Waals surface area contributed by atoms with Crippen molar-refractivity contribution in [3.8, 4) is 5.75 Å². The smallest absolute Gasteiger partial charge is 0.189 e. The molecule has 1 heterocycles. The number of ether oxygens (including phenoxy) is 1. The van der Waals surface area contributed by atoms with Crippen LogP contribution in [0.25, 0.3) is 0 Å². The van der Waals surface area contributed by atoms with Gasteiger partial charge in [-0.15, -0.1) is 0 Å². The lowest BCUT2D eigenvalue weighted by molar-refractivity contribution is 0.414. The molecule has 1 aromatic heterocycles. The monoisotopic (exact) mass is 295 g/mol. The molecule has 0 aliphatic heterocycles. The predicted octanol–water partition coefficient (Wildman–Crippen LogP) is 3.32. The molecule has 0 saturated carbocycles. The molecule has 0 aliphatic carbocycles. The van der Waals surface area contributed by atoms with E-state index in [0.717, 1.165) is 11.5 Å². The molecule has 4 nitrogen and oxygen atoms in total. The number of methoxy groups -OCH3 is 1. The van der Waals surface area contributed by atoms with Crippen molar-refractivity contribution in [2.75, 3.05) is 12.8 Å². The van der Waals surface area contributed by atoms with Gasteiger partial charge in [0.1, 0.15) is 5.75 Å². The zero-order valence-electron chi connectivity index (χ0n) is 10.7. The number of nitrogens with zero attached hydrogens (tertiary/aromatic N) is 2. The van der Waals surface area contributed by atoms with E-state index in [1.807, 2.05) is 31.2 Å². The van der Waals surface area contributed by atoms with Gasteiger partial charge in [-0.05, 0) is 24.6 Å². The first kappa shape index (κ1) is 14.0. The number of aromatic nitrogens is 2. The van der Waals surface area contributed by atoms with Crippen LogP contribution in [0, 0.1) is 6.92 Å². The summed E-state index contributed by atoms with van der Waals surface area (Å²) in [5, 5.41) is 0.942. The van der Waals surface area contributed by atoms with Crippen molar-refractivity contribution in [1.82, 2.24) is 9.97 Å². The molecule has 2 rings (SSSR count). The summed E-state index contributed by atoms with van der Waals surface area (Å²) in [6, 6.07) is 7.88. The summed E-state index contributed by atoms with van der Waals surface area (Å²) < 4.78 is 5.11. The van der Waals surface area contributed by atoms with Gasteiger partial charge in [-0.2, -0.15) is 0 Å². The van der Waals surface area contributed by atoms with Crippen LogP contribution in [0.15, 0.2) is 29.4 Å². The average Bonchev–Trinajstić information content (AvgIpc) is 2.43. The molecule has 1 aromatic carbocycles. The van der Waals surface area contributed by atoms with E-state index < -0.39 is 0 Å². The number of benzene rings is 1. The zero-order valence-corrected chi connectivity index (χ0v) is 12.3. The van der Waals surface area contributed by atoms with Crippen LogP contribution in [0.3, 0.4) is 0 Å². The highest BCUT2D eigenvalue weighted by molar-refractivity contribution is 7.98. The molecule has 0 fully saturated rings. The maximum Gasteiger partial charge on any atom is 0.189 e. The largest absolute Gasteiger partial charge is 0.497 e. The molecule has 0 bridgehead atoms. The Balaban J connectivity index is 2.05. The minimum absolute atomic E-state index is 0.310. The minimum Gasteiger partial charge on any atom is -0.497 e. The Hall–Kier alpha value is -1.46. The van der Waals surface area contributed by atoms with E-state index in [2.05, 4.69) is 9.97 Å². The van der Waals surface area contributed by atoms with Crippen molar-refractivity contribution < 1.29 is 4.74 Å². The molecule has 100 valence electrons. The Morgan fingerprint density at radius 2 is 1.95 bits per heavy atom. The second-order valence-electron chi connectivity index (χ2n) is 3.93. The molecule has 0 spiro atoms. The molecule has 2 N–H and O–H groups in total. The summed E-state index contributed by atoms with van der Waals surface area (Å²) in [4.78, 5) is 8.45. The van der Waals surface area contributed by atoms with E-state index in [1.165, 1.54) is 17.3 Å². The molecule has 0 unspecified atom stereocenters. The number of hydrogen-bond acceptors (Lipinski definition) is 5. The normalized spacial score (nSPS) is 10.5. The lowest BCUT2D eigenvalue weighted by atomic mass is 10.2. The Kier molecular flexibility index (Phi) is 4.50. The number of hydrogen-bond donors (Lipinski definition) is 1. The third kappa shape index (κ3) is 3.52. The summed E-state index contributed by atoms with van der Waals surface area (Å²) in [7, 11) is 1.65. The van der Waals surface area contributed by atoms with Gasteiger partial charge in [-0.1, -0.05) is 35.5 Å². The molecule has 2 aromatic rings. The fourth-order valence-corrected chi connectivity index (χ4v) is 2.57. The highest BCUT2D eigenvalue weighted by atomic mass is 35.5. The lowest BCUT2D eigenvalue weighted by Crippen LogP contribution is -1.99. The van der Waals surface area contributed by atoms with Crippen LogP contribution in [0.2, 0.25) is 5.15 Å². The van der Waals surface area contributed by atoms with Crippen LogP contribution >= 0.6 is 23.4 Å². The van der Waals surface area contributed by atoms with Crippen LogP contribution in [0.5, 0.6) is 5.75 Å². The van der Waals surface area contributed by atoms with Gasteiger partial charge < -0.3 is 10.5 Å². The minimum atomic E-state index is 0.310. The first-order chi connectivity index (χ1) is 9.10. The highest BCUT2D eigenvalue weighted by Crippen LogP contribution is 2.25. The second kappa shape index (κ2) is 6.12. The average molecular weight is 296 g/mol. The number of thioether (sulfide) groups is 1. The number of anilines is 1. The van der Waals surface area contributed by atoms with E-state index in [4.69, 9.17) is 22.1 Å². The van der Waals surface area contributed by atoms with Crippen LogP contribution in [0.1, 0.15) is 11.3 Å². The van der Waals surface area contributed by atoms with Crippen molar-refractivity contribution in [2.45, 2.75) is 17.8 Å². The highest BCUT2D eigenvalue weighted by Gasteiger charge is 2.07. The van der Waals surface area contributed by atoms with Crippen molar-refractivity contribution in [3.63, 3.8) is 0 Å². The van der Waals surface area contributed by atoms with Gasteiger partial charge in [-0.25, -0.2) is 9.97 Å². The van der Waals surface area contributed by atoms with E-state index in [1.54, 1.807) is 7.11 Å². The summed E-state index contributed by atoms with van der Waals surface area (Å²) >= 11 is 7.46. The molecule has 19 heavy (non-hydrogen) atoms.